The number of piperidine rings is 1. The van der Waals surface area contributed by atoms with Gasteiger partial charge >= 0.3 is 0 Å². The van der Waals surface area contributed by atoms with Gasteiger partial charge in [-0.25, -0.2) is 0 Å². The van der Waals surface area contributed by atoms with Crippen LogP contribution in [-0.4, -0.2) is 63.1 Å². The number of carbonyl (C=O) groups is 1. The minimum Gasteiger partial charge on any atom is -0.381 e. The molecule has 2 saturated heterocycles. The largest absolute Gasteiger partial charge is 0.381 e. The maximum absolute atomic E-state index is 12.8. The van der Waals surface area contributed by atoms with E-state index in [2.05, 4.69) is 31.6 Å². The molecule has 0 radical (unpaired) electrons. The predicted octanol–water partition coefficient (Wildman–Crippen LogP) is 2.86. The first kappa shape index (κ1) is 20.1. The van der Waals surface area contributed by atoms with Gasteiger partial charge in [0.2, 0.25) is 5.91 Å². The number of ether oxygens (including phenoxy) is 1. The zero-order valence-electron chi connectivity index (χ0n) is 17.8. The molecule has 0 aliphatic carbocycles. The van der Waals surface area contributed by atoms with E-state index in [1.54, 1.807) is 4.68 Å². The number of hydrogen-bond donors (Lipinski definition) is 1. The minimum atomic E-state index is 0.0234. The quantitative estimate of drug-likeness (QED) is 0.699. The van der Waals surface area contributed by atoms with Crippen molar-refractivity contribution >= 4 is 22.6 Å². The third-order valence-electron chi connectivity index (χ3n) is 6.48. The van der Waals surface area contributed by atoms with Crippen LogP contribution in [0.4, 0.5) is 5.82 Å². The lowest BCUT2D eigenvalue weighted by Crippen LogP contribution is -2.45. The van der Waals surface area contributed by atoms with Gasteiger partial charge in [0.25, 0.3) is 0 Å². The van der Waals surface area contributed by atoms with Crippen LogP contribution in [0.5, 0.6) is 0 Å². The summed E-state index contributed by atoms with van der Waals surface area (Å²) >= 11 is 0. The summed E-state index contributed by atoms with van der Waals surface area (Å²) in [4.78, 5) is 15.4. The molecule has 1 aromatic carbocycles. The average Bonchev–Trinajstić information content (AvgIpc) is 3.25. The zero-order chi connectivity index (χ0) is 21.2. The fraction of sp³-hybridized carbons (Fsp3) is 0.478. The Hall–Kier alpha value is -2.84. The lowest BCUT2D eigenvalue weighted by molar-refractivity contribution is -0.121. The second kappa shape index (κ2) is 8.72. The highest BCUT2D eigenvalue weighted by Crippen LogP contribution is 2.26. The van der Waals surface area contributed by atoms with E-state index in [1.165, 1.54) is 0 Å². The normalized spacial score (nSPS) is 19.0. The number of nitrogens with zero attached hydrogens (tertiary/aromatic N) is 5. The molecule has 2 aliphatic heterocycles. The number of aromatic nitrogens is 4. The van der Waals surface area contributed by atoms with E-state index in [0.717, 1.165) is 74.0 Å². The van der Waals surface area contributed by atoms with Crippen LogP contribution < -0.4 is 5.32 Å². The molecule has 0 spiro atoms. The Balaban J connectivity index is 1.24. The Morgan fingerprint density at radius 2 is 1.87 bits per heavy atom. The molecule has 4 heterocycles. The maximum atomic E-state index is 12.8. The Morgan fingerprint density at radius 3 is 2.61 bits per heavy atom. The zero-order valence-corrected chi connectivity index (χ0v) is 17.8. The molecule has 162 valence electrons. The first-order chi connectivity index (χ1) is 15.2. The molecule has 0 saturated carbocycles. The van der Waals surface area contributed by atoms with E-state index < -0.39 is 0 Å². The van der Waals surface area contributed by atoms with Crippen LogP contribution in [0, 0.1) is 5.92 Å². The number of nitrogens with one attached hydrogen (secondary N) is 1. The highest BCUT2D eigenvalue weighted by Gasteiger charge is 2.29. The minimum absolute atomic E-state index is 0.0234. The molecule has 1 N–H and O–H groups in total. The third kappa shape index (κ3) is 4.45. The number of anilines is 1. The van der Waals surface area contributed by atoms with Crippen LogP contribution in [-0.2, 0) is 16.6 Å². The molecule has 0 atom stereocenters. The van der Waals surface area contributed by atoms with E-state index in [9.17, 15) is 4.79 Å². The van der Waals surface area contributed by atoms with Crippen LogP contribution in [0.1, 0.15) is 25.7 Å². The van der Waals surface area contributed by atoms with E-state index in [0.29, 0.717) is 11.9 Å². The summed E-state index contributed by atoms with van der Waals surface area (Å²) < 4.78 is 7.25. The number of carbonyl (C=O) groups excluding carboxylic acids is 1. The summed E-state index contributed by atoms with van der Waals surface area (Å²) in [5.41, 5.74) is 2.91. The average molecular weight is 421 g/mol. The van der Waals surface area contributed by atoms with Gasteiger partial charge in [-0.05, 0) is 62.5 Å². The van der Waals surface area contributed by atoms with Crippen molar-refractivity contribution in [2.75, 3.05) is 31.6 Å². The van der Waals surface area contributed by atoms with Crippen molar-refractivity contribution in [1.82, 2.24) is 24.9 Å². The van der Waals surface area contributed by atoms with Crippen LogP contribution in [0.3, 0.4) is 0 Å². The van der Waals surface area contributed by atoms with Gasteiger partial charge < -0.3 is 15.0 Å². The number of likely N-dealkylation sites (tertiary alicyclic amines) is 1. The highest BCUT2D eigenvalue weighted by atomic mass is 16.5. The summed E-state index contributed by atoms with van der Waals surface area (Å²) in [6.07, 6.45) is 7.79. The number of benzene rings is 1. The number of hydrogen-bond acceptors (Lipinski definition) is 6. The molecule has 0 unspecified atom stereocenters. The third-order valence-corrected chi connectivity index (χ3v) is 6.48. The summed E-state index contributed by atoms with van der Waals surface area (Å²) in [6, 6.07) is 8.53. The Morgan fingerprint density at radius 1 is 1.06 bits per heavy atom. The molecule has 8 heteroatoms. The molecule has 1 amide bonds. The summed E-state index contributed by atoms with van der Waals surface area (Å²) in [7, 11) is 1.90. The Labute approximate surface area is 181 Å². The van der Waals surface area contributed by atoms with Crippen molar-refractivity contribution in [3.05, 3.63) is 36.7 Å². The first-order valence-corrected chi connectivity index (χ1v) is 11.0. The van der Waals surface area contributed by atoms with Gasteiger partial charge in [0.05, 0.1) is 11.7 Å². The number of amides is 1. The smallest absolute Gasteiger partial charge is 0.228 e. The first-order valence-electron chi connectivity index (χ1n) is 11.0. The second-order valence-electron chi connectivity index (χ2n) is 8.55. The van der Waals surface area contributed by atoms with Gasteiger partial charge in [-0.3, -0.25) is 9.48 Å². The van der Waals surface area contributed by atoms with Gasteiger partial charge in [-0.2, -0.15) is 5.10 Å². The predicted molar refractivity (Wildman–Crippen MR) is 119 cm³/mol. The van der Waals surface area contributed by atoms with E-state index in [-0.39, 0.29) is 11.8 Å². The van der Waals surface area contributed by atoms with Gasteiger partial charge in [0, 0.05) is 49.4 Å². The summed E-state index contributed by atoms with van der Waals surface area (Å²) in [5, 5.41) is 16.7. The second-order valence-corrected chi connectivity index (χ2v) is 8.55. The van der Waals surface area contributed by atoms with Crippen molar-refractivity contribution in [3.63, 3.8) is 0 Å². The van der Waals surface area contributed by atoms with Gasteiger partial charge in [0.15, 0.2) is 5.82 Å². The molecule has 3 aromatic rings. The van der Waals surface area contributed by atoms with Crippen LogP contribution in [0.25, 0.3) is 22.0 Å². The van der Waals surface area contributed by atoms with Gasteiger partial charge in [-0.15, -0.1) is 10.2 Å². The molecule has 2 fully saturated rings. The van der Waals surface area contributed by atoms with Gasteiger partial charge in [0.1, 0.15) is 0 Å². The number of aryl methyl sites for hydroxylation is 1. The molecule has 8 nitrogen and oxygen atoms in total. The van der Waals surface area contributed by atoms with E-state index in [1.807, 2.05) is 37.6 Å². The summed E-state index contributed by atoms with van der Waals surface area (Å²) in [5.74, 6) is 0.576. The van der Waals surface area contributed by atoms with E-state index >= 15 is 0 Å². The van der Waals surface area contributed by atoms with Gasteiger partial charge in [-0.1, -0.05) is 6.07 Å². The van der Waals surface area contributed by atoms with Crippen LogP contribution in [0.15, 0.2) is 36.7 Å². The molecule has 31 heavy (non-hydrogen) atoms. The SMILES string of the molecule is Cn1cc(-c2ccc3nnc(NC(=O)C4CCN(C5CCOCC5)CC4)cc3c2)cn1. The molecule has 2 aromatic heterocycles. The number of rotatable bonds is 4. The van der Waals surface area contributed by atoms with Crippen molar-refractivity contribution < 1.29 is 9.53 Å². The molecular weight excluding hydrogens is 392 g/mol. The topological polar surface area (TPSA) is 85.2 Å². The van der Waals surface area contributed by atoms with Crippen LogP contribution >= 0.6 is 0 Å². The van der Waals surface area contributed by atoms with Crippen molar-refractivity contribution in [1.29, 1.82) is 0 Å². The summed E-state index contributed by atoms with van der Waals surface area (Å²) in [6.45, 7) is 3.66. The molecule has 2 aliphatic rings. The van der Waals surface area contributed by atoms with Crippen molar-refractivity contribution in [3.8, 4) is 11.1 Å². The molecular formula is C23H28N6O2. The monoisotopic (exact) mass is 420 g/mol. The van der Waals surface area contributed by atoms with Crippen LogP contribution in [0.2, 0.25) is 0 Å². The maximum Gasteiger partial charge on any atom is 0.228 e. The van der Waals surface area contributed by atoms with Crippen molar-refractivity contribution in [2.24, 2.45) is 13.0 Å². The van der Waals surface area contributed by atoms with E-state index in [4.69, 9.17) is 4.74 Å². The lowest BCUT2D eigenvalue weighted by Gasteiger charge is -2.38. The Kier molecular flexibility index (Phi) is 5.65. The fourth-order valence-electron chi connectivity index (χ4n) is 4.66. The Bertz CT molecular complexity index is 1070. The lowest BCUT2D eigenvalue weighted by atomic mass is 9.93. The highest BCUT2D eigenvalue weighted by molar-refractivity contribution is 5.94. The fourth-order valence-corrected chi connectivity index (χ4v) is 4.66. The molecule has 5 rings (SSSR count). The standard InChI is InChI=1S/C23H28N6O2/c1-28-15-19(14-24-28)17-2-3-21-18(12-17)13-22(27-26-21)25-23(30)16-4-8-29(9-5-16)20-6-10-31-11-7-20/h2-3,12-16,20H,4-11H2,1H3,(H,25,27,30). The molecule has 0 bridgehead atoms. The van der Waals surface area contributed by atoms with Crippen molar-refractivity contribution in [2.45, 2.75) is 31.7 Å². The number of fused-ring (bicyclic) bond motifs is 1.